The van der Waals surface area contributed by atoms with Gasteiger partial charge in [0.15, 0.2) is 0 Å². The van der Waals surface area contributed by atoms with Crippen LogP contribution < -0.4 is 4.90 Å². The molecule has 0 radical (unpaired) electrons. The largest absolute Gasteiger partial charge is 0.354 e. The Bertz CT molecular complexity index is 2470. The first-order chi connectivity index (χ1) is 24.1. The number of benzene rings is 7. The van der Waals surface area contributed by atoms with E-state index in [-0.39, 0.29) is 0 Å². The maximum Gasteiger partial charge on any atom is 0.0742 e. The lowest BCUT2D eigenvalue weighted by Gasteiger charge is -2.47. The molecule has 0 saturated carbocycles. The Morgan fingerprint density at radius 3 is 1.94 bits per heavy atom. The molecule has 9 rings (SSSR count). The van der Waals surface area contributed by atoms with Gasteiger partial charge >= 0.3 is 0 Å². The number of anilines is 3. The number of aromatic amines is 1. The number of aryl methyl sites for hydroxylation is 2. The topological polar surface area (TPSA) is 19.0 Å². The third kappa shape index (κ3) is 4.27. The van der Waals surface area contributed by atoms with Crippen LogP contribution in [0.3, 0.4) is 0 Å². The fraction of sp³-hybridized carbons (Fsp3) is 0.106. The van der Waals surface area contributed by atoms with Crippen LogP contribution in [0, 0.1) is 13.8 Å². The summed E-state index contributed by atoms with van der Waals surface area (Å²) >= 11 is 0. The van der Waals surface area contributed by atoms with Crippen molar-refractivity contribution in [2.75, 3.05) is 4.90 Å². The van der Waals surface area contributed by atoms with Gasteiger partial charge in [0.2, 0.25) is 0 Å². The van der Waals surface area contributed by atoms with Crippen LogP contribution in [0.5, 0.6) is 0 Å². The second kappa shape index (κ2) is 11.4. The first kappa shape index (κ1) is 29.3. The molecule has 2 nitrogen and oxygen atoms in total. The number of nitrogens with one attached hydrogen (secondary N) is 1. The van der Waals surface area contributed by atoms with Crippen molar-refractivity contribution in [1.82, 2.24) is 4.98 Å². The summed E-state index contributed by atoms with van der Waals surface area (Å²) in [6.45, 7) is 6.81. The summed E-state index contributed by atoms with van der Waals surface area (Å²) in [7, 11) is 0. The molecule has 2 heterocycles. The molecule has 0 atom stereocenters. The highest BCUT2D eigenvalue weighted by molar-refractivity contribution is 6.12. The Morgan fingerprint density at radius 1 is 0.551 bits per heavy atom. The van der Waals surface area contributed by atoms with Gasteiger partial charge in [-0.1, -0.05) is 146 Å². The minimum absolute atomic E-state index is 0.494. The molecule has 0 aliphatic carbocycles. The molecule has 0 bridgehead atoms. The Kier molecular flexibility index (Phi) is 6.81. The van der Waals surface area contributed by atoms with Crippen LogP contribution in [0.1, 0.15) is 45.9 Å². The summed E-state index contributed by atoms with van der Waals surface area (Å²) in [5.41, 5.74) is 17.1. The van der Waals surface area contributed by atoms with Crippen LogP contribution in [0.2, 0.25) is 0 Å². The summed E-state index contributed by atoms with van der Waals surface area (Å²) < 4.78 is 0. The number of rotatable bonds is 5. The van der Waals surface area contributed by atoms with Gasteiger partial charge in [0.05, 0.1) is 28.0 Å². The van der Waals surface area contributed by atoms with Gasteiger partial charge in [-0.3, -0.25) is 0 Å². The maximum absolute atomic E-state index is 3.79. The van der Waals surface area contributed by atoms with Crippen molar-refractivity contribution in [2.24, 2.45) is 0 Å². The van der Waals surface area contributed by atoms with E-state index in [9.17, 15) is 0 Å². The number of fused-ring (bicyclic) bond motifs is 5. The van der Waals surface area contributed by atoms with Crippen LogP contribution in [0.15, 0.2) is 158 Å². The fourth-order valence-electron chi connectivity index (χ4n) is 8.63. The average Bonchev–Trinajstić information content (AvgIpc) is 3.53. The summed E-state index contributed by atoms with van der Waals surface area (Å²) in [5, 5.41) is 2.52. The lowest BCUT2D eigenvalue weighted by Crippen LogP contribution is -2.38. The van der Waals surface area contributed by atoms with E-state index in [2.05, 4.69) is 188 Å². The van der Waals surface area contributed by atoms with Gasteiger partial charge in [0, 0.05) is 21.9 Å². The molecule has 0 saturated heterocycles. The molecule has 1 aliphatic heterocycles. The number of hydrogen-bond donors (Lipinski definition) is 1. The van der Waals surface area contributed by atoms with Gasteiger partial charge in [-0.15, -0.1) is 0 Å². The summed E-state index contributed by atoms with van der Waals surface area (Å²) in [6.07, 6.45) is 0.893. The zero-order valence-electron chi connectivity index (χ0n) is 28.2. The third-order valence-corrected chi connectivity index (χ3v) is 10.6. The second-order valence-corrected chi connectivity index (χ2v) is 13.4. The molecule has 2 heteroatoms. The lowest BCUT2D eigenvalue weighted by molar-refractivity contribution is 0.729. The first-order valence-electron chi connectivity index (χ1n) is 17.4. The lowest BCUT2D eigenvalue weighted by atomic mass is 9.62. The highest BCUT2D eigenvalue weighted by Crippen LogP contribution is 2.59. The molecule has 0 fully saturated rings. The van der Waals surface area contributed by atoms with Gasteiger partial charge in [0.1, 0.15) is 0 Å². The smallest absolute Gasteiger partial charge is 0.0742 e. The van der Waals surface area contributed by atoms with Crippen LogP contribution in [0.25, 0.3) is 32.9 Å². The van der Waals surface area contributed by atoms with Crippen LogP contribution in [-0.2, 0) is 11.8 Å². The average molecular weight is 631 g/mol. The molecule has 0 amide bonds. The molecule has 0 unspecified atom stereocenters. The fourth-order valence-corrected chi connectivity index (χ4v) is 8.63. The van der Waals surface area contributed by atoms with Crippen LogP contribution in [-0.4, -0.2) is 4.98 Å². The monoisotopic (exact) mass is 630 g/mol. The van der Waals surface area contributed by atoms with E-state index in [0.717, 1.165) is 6.42 Å². The van der Waals surface area contributed by atoms with Crippen LogP contribution >= 0.6 is 0 Å². The maximum atomic E-state index is 3.79. The van der Waals surface area contributed by atoms with E-state index in [1.807, 2.05) is 0 Å². The molecule has 0 spiro atoms. The van der Waals surface area contributed by atoms with Crippen molar-refractivity contribution < 1.29 is 0 Å². The highest BCUT2D eigenvalue weighted by Gasteiger charge is 2.47. The van der Waals surface area contributed by atoms with E-state index < -0.39 is 5.41 Å². The quantitative estimate of drug-likeness (QED) is 0.200. The molecule has 1 aliphatic rings. The Morgan fingerprint density at radius 2 is 1.18 bits per heavy atom. The highest BCUT2D eigenvalue weighted by atomic mass is 15.2. The molecule has 236 valence electrons. The van der Waals surface area contributed by atoms with Crippen molar-refractivity contribution in [3.8, 4) is 11.1 Å². The van der Waals surface area contributed by atoms with Crippen molar-refractivity contribution in [2.45, 2.75) is 32.6 Å². The first-order valence-corrected chi connectivity index (χ1v) is 17.4. The Hall–Kier alpha value is -5.86. The standard InChI is InChI=1S/C47H38N2/c1-4-35-39(38-24-16-23-37-36-22-11-13-27-42(36)48-45(37)38)29-31(2)30-44(35)49-43-28-14-12-25-40(43)47(33-18-7-5-8-19-33,34-20-9-6-10-21-34)41-26-15-17-32(3)46(41)49/h5-30,48H,4H2,1-3H3. The molecule has 49 heavy (non-hydrogen) atoms. The molecular weight excluding hydrogens is 593 g/mol. The number of para-hydroxylation sites is 4. The number of H-pyrrole nitrogens is 1. The molecule has 1 aromatic heterocycles. The van der Waals surface area contributed by atoms with E-state index in [0.29, 0.717) is 0 Å². The van der Waals surface area contributed by atoms with Crippen molar-refractivity contribution in [3.05, 3.63) is 197 Å². The second-order valence-electron chi connectivity index (χ2n) is 13.4. The summed E-state index contributed by atoms with van der Waals surface area (Å²) in [6, 6.07) is 58.3. The van der Waals surface area contributed by atoms with Crippen molar-refractivity contribution >= 4 is 38.9 Å². The molecule has 1 N–H and O–H groups in total. The van der Waals surface area contributed by atoms with Crippen LogP contribution in [0.4, 0.5) is 17.1 Å². The minimum atomic E-state index is -0.494. The van der Waals surface area contributed by atoms with Crippen molar-refractivity contribution in [3.63, 3.8) is 0 Å². The zero-order chi connectivity index (χ0) is 33.1. The van der Waals surface area contributed by atoms with E-state index in [1.165, 1.54) is 88.9 Å². The SMILES string of the molecule is CCc1c(-c2cccc3c2[nH]c2ccccc23)cc(C)cc1N1c2ccccc2C(c2ccccc2)(c2ccccc2)c2cccc(C)c21. The normalized spacial score (nSPS) is 13.4. The third-order valence-electron chi connectivity index (χ3n) is 10.6. The molecule has 7 aromatic carbocycles. The van der Waals surface area contributed by atoms with Gasteiger partial charge in [-0.2, -0.15) is 0 Å². The number of aromatic nitrogens is 1. The number of hydrogen-bond acceptors (Lipinski definition) is 1. The Labute approximate surface area is 288 Å². The van der Waals surface area contributed by atoms with Crippen molar-refractivity contribution in [1.29, 1.82) is 0 Å². The predicted octanol–water partition coefficient (Wildman–Crippen LogP) is 12.3. The Balaban J connectivity index is 1.38. The minimum Gasteiger partial charge on any atom is -0.354 e. The summed E-state index contributed by atoms with van der Waals surface area (Å²) in [5.74, 6) is 0. The predicted molar refractivity (Wildman–Crippen MR) is 207 cm³/mol. The van der Waals surface area contributed by atoms with Gasteiger partial charge in [-0.25, -0.2) is 0 Å². The molecule has 8 aromatic rings. The summed E-state index contributed by atoms with van der Waals surface area (Å²) in [4.78, 5) is 6.36. The van der Waals surface area contributed by atoms with Gasteiger partial charge < -0.3 is 9.88 Å². The van der Waals surface area contributed by atoms with E-state index in [4.69, 9.17) is 0 Å². The van der Waals surface area contributed by atoms with E-state index in [1.54, 1.807) is 0 Å². The van der Waals surface area contributed by atoms with Gasteiger partial charge in [-0.05, 0) is 83.0 Å². The van der Waals surface area contributed by atoms with E-state index >= 15 is 0 Å². The zero-order valence-corrected chi connectivity index (χ0v) is 28.2. The van der Waals surface area contributed by atoms with Gasteiger partial charge in [0.25, 0.3) is 0 Å². The molecular formula is C47H38N2. The number of nitrogens with zero attached hydrogens (tertiary/aromatic N) is 1.